The summed E-state index contributed by atoms with van der Waals surface area (Å²) < 4.78 is 74.1. The first kappa shape index (κ1) is 31.1. The van der Waals surface area contributed by atoms with Gasteiger partial charge < -0.3 is 14.2 Å². The van der Waals surface area contributed by atoms with Crippen LogP contribution in [0.5, 0.6) is 17.6 Å². The number of nitrogens with zero attached hydrogens (tertiary/aromatic N) is 4. The van der Waals surface area contributed by atoms with Crippen LogP contribution in [0.15, 0.2) is 86.4 Å². The molecule has 0 unspecified atom stereocenters. The summed E-state index contributed by atoms with van der Waals surface area (Å²) in [6.07, 6.45) is 4.00. The van der Waals surface area contributed by atoms with Crippen molar-refractivity contribution in [2.45, 2.75) is 40.9 Å². The third-order valence-electron chi connectivity index (χ3n) is 5.81. The number of rotatable bonds is 11. The lowest BCUT2D eigenvalue weighted by Gasteiger charge is -2.19. The van der Waals surface area contributed by atoms with E-state index in [1.165, 1.54) is 49.8 Å². The predicted molar refractivity (Wildman–Crippen MR) is 157 cm³/mol. The Hall–Kier alpha value is -3.82. The number of hydrogen-bond donors (Lipinski definition) is 1. The van der Waals surface area contributed by atoms with Crippen LogP contribution in [0.3, 0.4) is 0 Å². The summed E-state index contributed by atoms with van der Waals surface area (Å²) in [6.45, 7) is 5.77. The first-order valence-electron chi connectivity index (χ1n) is 12.4. The monoisotopic (exact) mass is 677 g/mol. The summed E-state index contributed by atoms with van der Waals surface area (Å²) in [7, 11) is -7.45. The lowest BCUT2D eigenvalue weighted by atomic mass is 9.87. The van der Waals surface area contributed by atoms with E-state index in [1.807, 2.05) is 20.8 Å². The molecule has 4 rings (SSSR count). The molecule has 42 heavy (non-hydrogen) atoms. The average Bonchev–Trinajstić information content (AvgIpc) is 2.95. The van der Waals surface area contributed by atoms with Gasteiger partial charge >= 0.3 is 6.01 Å². The smallest absolute Gasteiger partial charge is 0.316 e. The first-order valence-corrected chi connectivity index (χ1v) is 16.2. The number of hydrogen-bond acceptors (Lipinski definition) is 11. The fraction of sp³-hybridized carbons (Fsp3) is 0.259. The van der Waals surface area contributed by atoms with Gasteiger partial charge in [0.05, 0.1) is 16.5 Å². The molecule has 2 aromatic carbocycles. The molecule has 15 heteroatoms. The third-order valence-corrected chi connectivity index (χ3v) is 9.40. The zero-order chi connectivity index (χ0) is 30.5. The Morgan fingerprint density at radius 2 is 1.50 bits per heavy atom. The number of para-hydroxylation sites is 1. The van der Waals surface area contributed by atoms with E-state index in [1.54, 1.807) is 18.2 Å². The Kier molecular flexibility index (Phi) is 9.33. The third kappa shape index (κ3) is 7.14. The highest BCUT2D eigenvalue weighted by Gasteiger charge is 2.33. The minimum atomic E-state index is -4.49. The Bertz CT molecular complexity index is 1760. The molecule has 0 amide bonds. The van der Waals surface area contributed by atoms with Crippen LogP contribution >= 0.6 is 15.9 Å². The fourth-order valence-corrected chi connectivity index (χ4v) is 6.58. The van der Waals surface area contributed by atoms with Crippen molar-refractivity contribution in [3.05, 3.63) is 77.3 Å². The Balaban J connectivity index is 1.71. The van der Waals surface area contributed by atoms with Gasteiger partial charge in [0, 0.05) is 12.4 Å². The highest BCUT2D eigenvalue weighted by atomic mass is 79.9. The second-order valence-electron chi connectivity index (χ2n) is 9.77. The van der Waals surface area contributed by atoms with E-state index in [2.05, 4.69) is 40.6 Å². The van der Waals surface area contributed by atoms with Crippen LogP contribution in [0.1, 0.15) is 26.3 Å². The number of benzene rings is 2. The molecule has 12 nitrogen and oxygen atoms in total. The Morgan fingerprint density at radius 3 is 2.14 bits per heavy atom. The van der Waals surface area contributed by atoms with Crippen molar-refractivity contribution in [2.24, 2.45) is 0 Å². The topological polar surface area (TPSA) is 160 Å². The largest absolute Gasteiger partial charge is 0.495 e. The number of methoxy groups -OCH3 is 1. The van der Waals surface area contributed by atoms with Crippen LogP contribution in [-0.2, 0) is 25.3 Å². The molecule has 0 aliphatic rings. The molecular weight excluding hydrogens is 650 g/mol. The van der Waals surface area contributed by atoms with E-state index in [0.29, 0.717) is 4.47 Å². The van der Waals surface area contributed by atoms with Gasteiger partial charge in [0.15, 0.2) is 10.7 Å². The zero-order valence-electron chi connectivity index (χ0n) is 23.1. The summed E-state index contributed by atoms with van der Waals surface area (Å²) in [5.74, 6) is -0.852. The van der Waals surface area contributed by atoms with Gasteiger partial charge in [0.2, 0.25) is 15.7 Å². The van der Waals surface area contributed by atoms with Crippen molar-refractivity contribution < 1.29 is 31.0 Å². The number of nitrogens with one attached hydrogen (secondary N) is 1. The van der Waals surface area contributed by atoms with Gasteiger partial charge in [-0.3, -0.25) is 4.72 Å². The molecule has 2 aromatic heterocycles. The molecule has 0 fully saturated rings. The van der Waals surface area contributed by atoms with Gasteiger partial charge in [-0.15, -0.1) is 0 Å². The Labute approximate surface area is 252 Å². The van der Waals surface area contributed by atoms with E-state index in [0.717, 1.165) is 11.9 Å². The normalized spacial score (nSPS) is 12.0. The highest BCUT2D eigenvalue weighted by molar-refractivity contribution is 9.10. The standard InChI is InChI=1S/C27H28BrN5O7S2/c1-27(2,3)18-9-11-20(12-10-18)42(36,37)33-24-23(41(34,35)22-8-6-5-7-21(22)38-4)25(32-17-31-24)39-13-14-40-26-29-15-19(28)16-30-26/h5-12,15-17H,13-14H2,1-4H3,(H,31,32,33). The van der Waals surface area contributed by atoms with Gasteiger partial charge in [-0.2, -0.15) is 0 Å². The van der Waals surface area contributed by atoms with Crippen LogP contribution in [0.2, 0.25) is 0 Å². The molecule has 0 aliphatic carbocycles. The minimum Gasteiger partial charge on any atom is -0.495 e. The van der Waals surface area contributed by atoms with Gasteiger partial charge in [-0.25, -0.2) is 36.8 Å². The number of anilines is 1. The van der Waals surface area contributed by atoms with Crippen LogP contribution < -0.4 is 18.9 Å². The first-order chi connectivity index (χ1) is 19.8. The lowest BCUT2D eigenvalue weighted by molar-refractivity contribution is 0.198. The van der Waals surface area contributed by atoms with Gasteiger partial charge in [-0.05, 0) is 51.2 Å². The van der Waals surface area contributed by atoms with Crippen LogP contribution in [0.25, 0.3) is 0 Å². The molecule has 0 radical (unpaired) electrons. The zero-order valence-corrected chi connectivity index (χ0v) is 26.3. The summed E-state index contributed by atoms with van der Waals surface area (Å²) in [6, 6.07) is 12.3. The van der Waals surface area contributed by atoms with E-state index >= 15 is 0 Å². The summed E-state index contributed by atoms with van der Waals surface area (Å²) in [4.78, 5) is 15.1. The van der Waals surface area contributed by atoms with Crippen LogP contribution in [-0.4, -0.2) is 57.1 Å². The molecule has 0 aliphatic heterocycles. The van der Waals surface area contributed by atoms with Crippen LogP contribution in [0.4, 0.5) is 5.82 Å². The fourth-order valence-electron chi connectivity index (χ4n) is 3.69. The number of sulfone groups is 1. The molecule has 0 spiro atoms. The molecule has 0 saturated carbocycles. The quantitative estimate of drug-likeness (QED) is 0.224. The van der Waals surface area contributed by atoms with Crippen molar-refractivity contribution in [1.29, 1.82) is 0 Å². The average molecular weight is 679 g/mol. The Morgan fingerprint density at radius 1 is 0.857 bits per heavy atom. The van der Waals surface area contributed by atoms with Crippen molar-refractivity contribution in [1.82, 2.24) is 19.9 Å². The second kappa shape index (κ2) is 12.6. The van der Waals surface area contributed by atoms with E-state index in [4.69, 9.17) is 14.2 Å². The van der Waals surface area contributed by atoms with Crippen molar-refractivity contribution in [2.75, 3.05) is 25.0 Å². The maximum atomic E-state index is 14.0. The maximum Gasteiger partial charge on any atom is 0.316 e. The summed E-state index contributed by atoms with van der Waals surface area (Å²) in [5.41, 5.74) is 0.729. The molecule has 4 aromatic rings. The summed E-state index contributed by atoms with van der Waals surface area (Å²) in [5, 5.41) is 0. The number of halogens is 1. The van der Waals surface area contributed by atoms with Gasteiger partial charge in [-0.1, -0.05) is 45.0 Å². The van der Waals surface area contributed by atoms with Gasteiger partial charge in [0.1, 0.15) is 30.2 Å². The van der Waals surface area contributed by atoms with E-state index in [-0.39, 0.29) is 40.2 Å². The van der Waals surface area contributed by atoms with Crippen molar-refractivity contribution >= 4 is 41.6 Å². The molecule has 0 atom stereocenters. The molecule has 1 N–H and O–H groups in total. The maximum absolute atomic E-state index is 14.0. The van der Waals surface area contributed by atoms with Crippen molar-refractivity contribution in [3.8, 4) is 17.6 Å². The second-order valence-corrected chi connectivity index (χ2v) is 14.2. The molecule has 222 valence electrons. The number of aromatic nitrogens is 4. The van der Waals surface area contributed by atoms with Crippen LogP contribution in [0, 0.1) is 0 Å². The summed E-state index contributed by atoms with van der Waals surface area (Å²) >= 11 is 3.23. The van der Waals surface area contributed by atoms with E-state index < -0.39 is 36.5 Å². The SMILES string of the molecule is COc1ccccc1S(=O)(=O)c1c(NS(=O)(=O)c2ccc(C(C)(C)C)cc2)ncnc1OCCOc1ncc(Br)cn1. The predicted octanol–water partition coefficient (Wildman–Crippen LogP) is 4.43. The minimum absolute atomic E-state index is 0.0367. The number of sulfonamides is 1. The molecular formula is C27H28BrN5O7S2. The highest BCUT2D eigenvalue weighted by Crippen LogP contribution is 2.37. The molecule has 2 heterocycles. The lowest BCUT2D eigenvalue weighted by Crippen LogP contribution is -2.20. The molecule has 0 bridgehead atoms. The van der Waals surface area contributed by atoms with Crippen molar-refractivity contribution in [3.63, 3.8) is 0 Å². The van der Waals surface area contributed by atoms with E-state index in [9.17, 15) is 16.8 Å². The number of ether oxygens (including phenoxy) is 3. The molecule has 0 saturated heterocycles. The van der Waals surface area contributed by atoms with Gasteiger partial charge in [0.25, 0.3) is 10.0 Å².